The zero-order chi connectivity index (χ0) is 26.9. The van der Waals surface area contributed by atoms with Crippen LogP contribution in [-0.2, 0) is 0 Å². The molecule has 0 bridgehead atoms. The number of rotatable bonds is 5. The molecule has 2 nitrogen and oxygen atoms in total. The van der Waals surface area contributed by atoms with E-state index in [1.807, 2.05) is 35.2 Å². The van der Waals surface area contributed by atoms with E-state index in [4.69, 9.17) is 0 Å². The van der Waals surface area contributed by atoms with Crippen LogP contribution in [0.25, 0.3) is 43.8 Å². The van der Waals surface area contributed by atoms with Crippen molar-refractivity contribution in [3.8, 4) is 22.3 Å². The zero-order valence-electron chi connectivity index (χ0n) is 21.7. The fraction of sp³-hybridized carbons (Fsp3) is 0. The molecule has 0 fully saturated rings. The number of nitrogens with zero attached hydrogens (tertiary/aromatic N) is 2. The number of hydrogen-bond donors (Lipinski definition) is 0. The molecule has 0 saturated carbocycles. The van der Waals surface area contributed by atoms with Crippen LogP contribution in [0, 0.1) is 5.82 Å². The van der Waals surface area contributed by atoms with Crippen molar-refractivity contribution in [1.82, 2.24) is 4.98 Å². The SMILES string of the molecule is Fc1ccc(N(c2ccccc2)c2ccc(-c3c4ccccc4c(-c4ccccc4)c4ccccc34)cc2)nc1. The van der Waals surface area contributed by atoms with Crippen LogP contribution >= 0.6 is 0 Å². The fourth-order valence-corrected chi connectivity index (χ4v) is 5.62. The van der Waals surface area contributed by atoms with E-state index in [0.717, 1.165) is 16.9 Å². The number of benzene rings is 6. The molecule has 190 valence electrons. The van der Waals surface area contributed by atoms with Gasteiger partial charge in [0.1, 0.15) is 11.6 Å². The van der Waals surface area contributed by atoms with E-state index in [9.17, 15) is 4.39 Å². The molecule has 40 heavy (non-hydrogen) atoms. The highest BCUT2D eigenvalue weighted by atomic mass is 19.1. The van der Waals surface area contributed by atoms with Gasteiger partial charge < -0.3 is 0 Å². The lowest BCUT2D eigenvalue weighted by molar-refractivity contribution is 0.621. The third-order valence-electron chi connectivity index (χ3n) is 7.36. The lowest BCUT2D eigenvalue weighted by Gasteiger charge is -2.24. The first-order chi connectivity index (χ1) is 19.8. The summed E-state index contributed by atoms with van der Waals surface area (Å²) in [5.74, 6) is 0.299. The van der Waals surface area contributed by atoms with Crippen molar-refractivity contribution < 1.29 is 4.39 Å². The number of aromatic nitrogens is 1. The van der Waals surface area contributed by atoms with Gasteiger partial charge in [-0.15, -0.1) is 0 Å². The summed E-state index contributed by atoms with van der Waals surface area (Å²) in [4.78, 5) is 6.42. The number of anilines is 3. The van der Waals surface area contributed by atoms with Gasteiger partial charge in [0.05, 0.1) is 6.20 Å². The highest BCUT2D eigenvalue weighted by molar-refractivity contribution is 6.21. The third kappa shape index (κ3) is 4.18. The van der Waals surface area contributed by atoms with Crippen LogP contribution in [0.2, 0.25) is 0 Å². The highest BCUT2D eigenvalue weighted by Crippen LogP contribution is 2.44. The quantitative estimate of drug-likeness (QED) is 0.212. The van der Waals surface area contributed by atoms with Crippen LogP contribution in [-0.4, -0.2) is 4.98 Å². The van der Waals surface area contributed by atoms with Crippen molar-refractivity contribution in [1.29, 1.82) is 0 Å². The summed E-state index contributed by atoms with van der Waals surface area (Å²) in [5, 5.41) is 4.89. The lowest BCUT2D eigenvalue weighted by Crippen LogP contribution is -2.11. The molecular weight excluding hydrogens is 491 g/mol. The molecule has 7 rings (SSSR count). The van der Waals surface area contributed by atoms with Gasteiger partial charge in [0.2, 0.25) is 0 Å². The minimum absolute atomic E-state index is 0.357. The predicted molar refractivity (Wildman–Crippen MR) is 165 cm³/mol. The number of pyridine rings is 1. The third-order valence-corrected chi connectivity index (χ3v) is 7.36. The topological polar surface area (TPSA) is 16.1 Å². The minimum Gasteiger partial charge on any atom is -0.295 e. The second-order valence-corrected chi connectivity index (χ2v) is 9.76. The van der Waals surface area contributed by atoms with E-state index >= 15 is 0 Å². The summed E-state index contributed by atoms with van der Waals surface area (Å²) >= 11 is 0. The average Bonchev–Trinajstić information content (AvgIpc) is 3.02. The van der Waals surface area contributed by atoms with Crippen molar-refractivity contribution in [3.63, 3.8) is 0 Å². The predicted octanol–water partition coefficient (Wildman–Crippen LogP) is 10.3. The van der Waals surface area contributed by atoms with Crippen molar-refractivity contribution >= 4 is 38.7 Å². The van der Waals surface area contributed by atoms with E-state index in [1.54, 1.807) is 6.07 Å². The molecular formula is C37H25FN2. The molecule has 3 heteroatoms. The van der Waals surface area contributed by atoms with Gasteiger partial charge in [0, 0.05) is 11.4 Å². The Balaban J connectivity index is 1.42. The summed E-state index contributed by atoms with van der Waals surface area (Å²) in [5.41, 5.74) is 6.72. The van der Waals surface area contributed by atoms with E-state index in [1.165, 1.54) is 50.5 Å². The maximum atomic E-state index is 13.7. The Bertz CT molecular complexity index is 1880. The number of hydrogen-bond acceptors (Lipinski definition) is 2. The maximum absolute atomic E-state index is 13.7. The minimum atomic E-state index is -0.357. The van der Waals surface area contributed by atoms with Crippen LogP contribution in [0.1, 0.15) is 0 Å². The first kappa shape index (κ1) is 23.8. The Kier molecular flexibility index (Phi) is 6.02. The fourth-order valence-electron chi connectivity index (χ4n) is 5.62. The van der Waals surface area contributed by atoms with Crippen molar-refractivity contribution in [3.05, 3.63) is 158 Å². The van der Waals surface area contributed by atoms with Crippen LogP contribution < -0.4 is 4.90 Å². The molecule has 0 spiro atoms. The summed E-state index contributed by atoms with van der Waals surface area (Å²) in [7, 11) is 0. The molecule has 0 atom stereocenters. The molecule has 0 aliphatic carbocycles. The molecule has 1 heterocycles. The van der Waals surface area contributed by atoms with Gasteiger partial charge in [-0.3, -0.25) is 4.90 Å². The zero-order valence-corrected chi connectivity index (χ0v) is 21.7. The number of halogens is 1. The number of fused-ring (bicyclic) bond motifs is 2. The second-order valence-electron chi connectivity index (χ2n) is 9.76. The summed E-state index contributed by atoms with van der Waals surface area (Å²) in [6.45, 7) is 0. The Morgan fingerprint density at radius 1 is 0.425 bits per heavy atom. The molecule has 0 radical (unpaired) electrons. The van der Waals surface area contributed by atoms with Crippen LogP contribution in [0.4, 0.5) is 21.6 Å². The molecule has 6 aromatic carbocycles. The Morgan fingerprint density at radius 3 is 1.38 bits per heavy atom. The van der Waals surface area contributed by atoms with Gasteiger partial charge >= 0.3 is 0 Å². The van der Waals surface area contributed by atoms with Crippen LogP contribution in [0.15, 0.2) is 152 Å². The van der Waals surface area contributed by atoms with E-state index < -0.39 is 0 Å². The molecule has 0 unspecified atom stereocenters. The molecule has 0 saturated heterocycles. The smallest absolute Gasteiger partial charge is 0.141 e. The first-order valence-corrected chi connectivity index (χ1v) is 13.3. The molecule has 1 aromatic heterocycles. The van der Waals surface area contributed by atoms with Gasteiger partial charge in [0.25, 0.3) is 0 Å². The lowest BCUT2D eigenvalue weighted by atomic mass is 9.86. The van der Waals surface area contributed by atoms with Gasteiger partial charge in [-0.05, 0) is 80.2 Å². The summed E-state index contributed by atoms with van der Waals surface area (Å²) in [6, 6.07) is 49.7. The standard InChI is InChI=1S/C37H25FN2/c38-28-21-24-35(39-25-28)40(29-13-5-2-6-14-29)30-22-19-27(20-23-30)37-33-17-9-7-15-31(33)36(26-11-3-1-4-12-26)32-16-8-10-18-34(32)37/h1-25H. The van der Waals surface area contributed by atoms with Crippen LogP contribution in [0.5, 0.6) is 0 Å². The van der Waals surface area contributed by atoms with Crippen molar-refractivity contribution in [2.75, 3.05) is 4.90 Å². The molecule has 7 aromatic rings. The molecule has 0 aliphatic heterocycles. The average molecular weight is 517 g/mol. The van der Waals surface area contributed by atoms with E-state index in [0.29, 0.717) is 5.82 Å². The summed E-state index contributed by atoms with van der Waals surface area (Å²) < 4.78 is 13.7. The monoisotopic (exact) mass is 516 g/mol. The van der Waals surface area contributed by atoms with Crippen LogP contribution in [0.3, 0.4) is 0 Å². The van der Waals surface area contributed by atoms with Gasteiger partial charge in [0.15, 0.2) is 0 Å². The molecule has 0 aliphatic rings. The largest absolute Gasteiger partial charge is 0.295 e. The summed E-state index contributed by atoms with van der Waals surface area (Å²) in [6.07, 6.45) is 1.26. The van der Waals surface area contributed by atoms with Gasteiger partial charge in [-0.1, -0.05) is 109 Å². The second kappa shape index (κ2) is 10.1. The Labute approximate surface area is 232 Å². The van der Waals surface area contributed by atoms with E-state index in [2.05, 4.69) is 108 Å². The van der Waals surface area contributed by atoms with Gasteiger partial charge in [-0.2, -0.15) is 0 Å². The van der Waals surface area contributed by atoms with Crippen molar-refractivity contribution in [2.45, 2.75) is 0 Å². The highest BCUT2D eigenvalue weighted by Gasteiger charge is 2.18. The van der Waals surface area contributed by atoms with Crippen molar-refractivity contribution in [2.24, 2.45) is 0 Å². The number of para-hydroxylation sites is 1. The molecule has 0 amide bonds. The van der Waals surface area contributed by atoms with E-state index in [-0.39, 0.29) is 5.82 Å². The van der Waals surface area contributed by atoms with Gasteiger partial charge in [-0.25, -0.2) is 9.37 Å². The first-order valence-electron chi connectivity index (χ1n) is 13.3. The Hall–Kier alpha value is -5.28. The maximum Gasteiger partial charge on any atom is 0.141 e. The molecule has 0 N–H and O–H groups in total. The Morgan fingerprint density at radius 2 is 0.875 bits per heavy atom. The normalized spacial score (nSPS) is 11.1.